The van der Waals surface area contributed by atoms with Crippen LogP contribution in [0, 0.1) is 6.92 Å². The number of para-hydroxylation sites is 1. The molecule has 4 aromatic carbocycles. The van der Waals surface area contributed by atoms with Gasteiger partial charge < -0.3 is 10.1 Å². The first-order chi connectivity index (χ1) is 15.7. The van der Waals surface area contributed by atoms with Crippen molar-refractivity contribution in [2.75, 3.05) is 12.4 Å². The molecule has 1 N–H and O–H groups in total. The molecule has 3 nitrogen and oxygen atoms in total. The molecule has 0 heterocycles. The fraction of sp³-hybridized carbons (Fsp3) is 0.107. The van der Waals surface area contributed by atoms with E-state index < -0.39 is 7.92 Å². The smallest absolute Gasteiger partial charge is 0.338 e. The summed E-state index contributed by atoms with van der Waals surface area (Å²) in [5, 5.41) is 6.27. The van der Waals surface area contributed by atoms with Crippen LogP contribution in [0.2, 0.25) is 0 Å². The minimum atomic E-state index is -0.892. The van der Waals surface area contributed by atoms with E-state index in [9.17, 15) is 4.79 Å². The highest BCUT2D eigenvalue weighted by Crippen LogP contribution is 2.50. The zero-order valence-electron chi connectivity index (χ0n) is 18.2. The van der Waals surface area contributed by atoms with E-state index in [-0.39, 0.29) is 11.8 Å². The number of esters is 1. The lowest BCUT2D eigenvalue weighted by molar-refractivity contribution is 0.0599. The summed E-state index contributed by atoms with van der Waals surface area (Å²) in [5.74, 6) is -0.459. The third-order valence-corrected chi connectivity index (χ3v) is 8.06. The van der Waals surface area contributed by atoms with E-state index in [0.717, 1.165) is 16.8 Å². The van der Waals surface area contributed by atoms with Gasteiger partial charge in [0.1, 0.15) is 0 Å². The SMILES string of the molecule is COC(=O)c1ccccc1C(Nc1ccccc1C)P(c1ccccc1)c1ccccc1. The molecular formula is C28H26NO2P. The molecule has 0 aliphatic carbocycles. The van der Waals surface area contributed by atoms with E-state index in [1.165, 1.54) is 17.7 Å². The van der Waals surface area contributed by atoms with Gasteiger partial charge in [-0.25, -0.2) is 4.79 Å². The molecule has 4 rings (SSSR count). The van der Waals surface area contributed by atoms with Gasteiger partial charge in [0.25, 0.3) is 0 Å². The Hall–Kier alpha value is -3.42. The Kier molecular flexibility index (Phi) is 6.99. The third-order valence-electron chi connectivity index (χ3n) is 5.42. The molecule has 0 saturated carbocycles. The number of nitrogens with one attached hydrogen (secondary N) is 1. The van der Waals surface area contributed by atoms with Gasteiger partial charge in [-0.05, 0) is 48.7 Å². The van der Waals surface area contributed by atoms with E-state index >= 15 is 0 Å². The average molecular weight is 439 g/mol. The van der Waals surface area contributed by atoms with E-state index in [0.29, 0.717) is 5.56 Å². The van der Waals surface area contributed by atoms with Crippen LogP contribution in [0.3, 0.4) is 0 Å². The molecule has 32 heavy (non-hydrogen) atoms. The van der Waals surface area contributed by atoms with Crippen LogP contribution in [0.25, 0.3) is 0 Å². The Labute approximate surface area is 190 Å². The monoisotopic (exact) mass is 439 g/mol. The van der Waals surface area contributed by atoms with Crippen LogP contribution in [0.15, 0.2) is 109 Å². The van der Waals surface area contributed by atoms with Crippen molar-refractivity contribution in [3.63, 3.8) is 0 Å². The average Bonchev–Trinajstić information content (AvgIpc) is 2.85. The number of aryl methyl sites for hydroxylation is 1. The number of carbonyl (C=O) groups is 1. The highest BCUT2D eigenvalue weighted by atomic mass is 31.1. The van der Waals surface area contributed by atoms with Gasteiger partial charge in [0.05, 0.1) is 18.5 Å². The number of benzene rings is 4. The fourth-order valence-corrected chi connectivity index (χ4v) is 6.47. The van der Waals surface area contributed by atoms with Gasteiger partial charge in [-0.2, -0.15) is 0 Å². The molecular weight excluding hydrogens is 413 g/mol. The second kappa shape index (κ2) is 10.3. The van der Waals surface area contributed by atoms with Crippen molar-refractivity contribution < 1.29 is 9.53 Å². The van der Waals surface area contributed by atoms with Gasteiger partial charge in [0.15, 0.2) is 0 Å². The van der Waals surface area contributed by atoms with Crippen molar-refractivity contribution in [2.45, 2.75) is 12.7 Å². The molecule has 0 amide bonds. The van der Waals surface area contributed by atoms with Crippen molar-refractivity contribution in [2.24, 2.45) is 0 Å². The van der Waals surface area contributed by atoms with Crippen LogP contribution in [-0.2, 0) is 4.74 Å². The zero-order valence-corrected chi connectivity index (χ0v) is 19.1. The standard InChI is InChI=1S/C28H26NO2P/c1-21-13-9-12-20-26(21)29-27(24-18-10-11-19-25(24)28(30)31-2)32(22-14-5-3-6-15-22)23-16-7-4-8-17-23/h3-20,27,29H,1-2H3. The first kappa shape index (κ1) is 21.8. The maximum absolute atomic E-state index is 12.7. The topological polar surface area (TPSA) is 38.3 Å². The Balaban J connectivity index is 1.93. The summed E-state index contributed by atoms with van der Waals surface area (Å²) in [6.07, 6.45) is 0. The second-order valence-corrected chi connectivity index (χ2v) is 9.77. The van der Waals surface area contributed by atoms with E-state index in [2.05, 4.69) is 72.9 Å². The van der Waals surface area contributed by atoms with Gasteiger partial charge in [-0.3, -0.25) is 0 Å². The van der Waals surface area contributed by atoms with Crippen LogP contribution >= 0.6 is 7.92 Å². The number of hydrogen-bond acceptors (Lipinski definition) is 3. The van der Waals surface area contributed by atoms with Gasteiger partial charge in [0.2, 0.25) is 0 Å². The summed E-state index contributed by atoms with van der Waals surface area (Å²) in [6, 6.07) is 37.1. The van der Waals surface area contributed by atoms with Crippen LogP contribution in [0.1, 0.15) is 27.3 Å². The third kappa shape index (κ3) is 4.74. The van der Waals surface area contributed by atoms with Gasteiger partial charge >= 0.3 is 5.97 Å². The highest BCUT2D eigenvalue weighted by Gasteiger charge is 2.30. The van der Waals surface area contributed by atoms with Crippen molar-refractivity contribution in [1.29, 1.82) is 0 Å². The Morgan fingerprint density at radius 2 is 1.28 bits per heavy atom. The predicted octanol–water partition coefficient (Wildman–Crippen LogP) is 6.03. The zero-order chi connectivity index (χ0) is 22.3. The van der Waals surface area contributed by atoms with Crippen LogP contribution < -0.4 is 15.9 Å². The van der Waals surface area contributed by atoms with E-state index in [1.54, 1.807) is 0 Å². The minimum absolute atomic E-state index is 0.133. The maximum Gasteiger partial charge on any atom is 0.338 e. The molecule has 0 bridgehead atoms. The Morgan fingerprint density at radius 1 is 0.750 bits per heavy atom. The normalized spacial score (nSPS) is 11.7. The van der Waals surface area contributed by atoms with Gasteiger partial charge in [-0.1, -0.05) is 97.1 Å². The molecule has 0 fully saturated rings. The lowest BCUT2D eigenvalue weighted by atomic mass is 10.1. The highest BCUT2D eigenvalue weighted by molar-refractivity contribution is 7.73. The molecule has 1 atom stereocenters. The van der Waals surface area contributed by atoms with E-state index in [1.807, 2.05) is 48.5 Å². The first-order valence-electron chi connectivity index (χ1n) is 10.6. The van der Waals surface area contributed by atoms with Gasteiger partial charge in [0, 0.05) is 5.69 Å². The van der Waals surface area contributed by atoms with Crippen molar-refractivity contribution in [1.82, 2.24) is 0 Å². The van der Waals surface area contributed by atoms with Crippen LogP contribution in [0.5, 0.6) is 0 Å². The molecule has 0 saturated heterocycles. The molecule has 4 heteroatoms. The summed E-state index contributed by atoms with van der Waals surface area (Å²) in [6.45, 7) is 2.10. The van der Waals surface area contributed by atoms with Crippen LogP contribution in [0.4, 0.5) is 5.69 Å². The molecule has 0 aliphatic rings. The lowest BCUT2D eigenvalue weighted by Crippen LogP contribution is -2.24. The number of rotatable bonds is 7. The number of ether oxygens (including phenoxy) is 1. The Bertz CT molecular complexity index is 1140. The molecule has 0 aromatic heterocycles. The fourth-order valence-electron chi connectivity index (χ4n) is 3.82. The number of carbonyl (C=O) groups excluding carboxylic acids is 1. The summed E-state index contributed by atoms with van der Waals surface area (Å²) < 4.78 is 5.13. The minimum Gasteiger partial charge on any atom is -0.465 e. The summed E-state index contributed by atoms with van der Waals surface area (Å²) in [4.78, 5) is 12.7. The quantitative estimate of drug-likeness (QED) is 0.282. The molecule has 160 valence electrons. The van der Waals surface area contributed by atoms with E-state index in [4.69, 9.17) is 4.74 Å². The molecule has 0 spiro atoms. The summed E-state index contributed by atoms with van der Waals surface area (Å²) >= 11 is 0. The van der Waals surface area contributed by atoms with Crippen molar-refractivity contribution in [3.8, 4) is 0 Å². The molecule has 4 aromatic rings. The number of hydrogen-bond donors (Lipinski definition) is 1. The second-order valence-electron chi connectivity index (χ2n) is 7.48. The number of anilines is 1. The summed E-state index contributed by atoms with van der Waals surface area (Å²) in [7, 11) is 0.539. The molecule has 0 aliphatic heterocycles. The Morgan fingerprint density at radius 3 is 1.88 bits per heavy atom. The molecule has 0 radical (unpaired) electrons. The van der Waals surface area contributed by atoms with Crippen LogP contribution in [-0.4, -0.2) is 13.1 Å². The predicted molar refractivity (Wildman–Crippen MR) is 134 cm³/mol. The first-order valence-corrected chi connectivity index (χ1v) is 12.0. The largest absolute Gasteiger partial charge is 0.465 e. The number of methoxy groups -OCH3 is 1. The van der Waals surface area contributed by atoms with Gasteiger partial charge in [-0.15, -0.1) is 0 Å². The molecule has 1 unspecified atom stereocenters. The van der Waals surface area contributed by atoms with Crippen molar-refractivity contribution >= 4 is 30.2 Å². The lowest BCUT2D eigenvalue weighted by Gasteiger charge is -2.32. The summed E-state index contributed by atoms with van der Waals surface area (Å²) in [5.41, 5.74) is 3.72. The maximum atomic E-state index is 12.7. The van der Waals surface area contributed by atoms with Crippen molar-refractivity contribution in [3.05, 3.63) is 126 Å².